The van der Waals surface area contributed by atoms with Crippen LogP contribution in [0.1, 0.15) is 5.56 Å². The van der Waals surface area contributed by atoms with Crippen molar-refractivity contribution >= 4 is 22.9 Å². The van der Waals surface area contributed by atoms with Crippen molar-refractivity contribution in [2.45, 2.75) is 0 Å². The first kappa shape index (κ1) is 15.8. The van der Waals surface area contributed by atoms with Gasteiger partial charge in [0.1, 0.15) is 0 Å². The second kappa shape index (κ2) is 5.90. The molecule has 6 nitrogen and oxygen atoms in total. The van der Waals surface area contributed by atoms with E-state index in [0.717, 1.165) is 44.8 Å². The number of nitrogens with zero attached hydrogens (tertiary/aromatic N) is 4. The predicted molar refractivity (Wildman–Crippen MR) is 114 cm³/mol. The molecule has 2 aromatic heterocycles. The Balaban J connectivity index is 1.57. The van der Waals surface area contributed by atoms with E-state index in [4.69, 9.17) is 4.99 Å². The maximum atomic E-state index is 12.7. The van der Waals surface area contributed by atoms with Crippen molar-refractivity contribution in [3.05, 3.63) is 95.4 Å². The summed E-state index contributed by atoms with van der Waals surface area (Å²) in [5.41, 5.74) is 7.02. The number of H-pyrrole nitrogens is 1. The van der Waals surface area contributed by atoms with Crippen molar-refractivity contribution in [3.8, 4) is 22.5 Å². The highest BCUT2D eigenvalue weighted by Crippen LogP contribution is 2.38. The van der Waals surface area contributed by atoms with Crippen molar-refractivity contribution < 1.29 is 0 Å². The molecule has 0 unspecified atom stereocenters. The van der Waals surface area contributed by atoms with Gasteiger partial charge in [-0.25, -0.2) is 9.78 Å². The van der Waals surface area contributed by atoms with Crippen molar-refractivity contribution in [1.82, 2.24) is 19.1 Å². The van der Waals surface area contributed by atoms with Crippen molar-refractivity contribution in [2.75, 3.05) is 0 Å². The van der Waals surface area contributed by atoms with Gasteiger partial charge >= 0.3 is 5.69 Å². The number of para-hydroxylation sites is 2. The van der Waals surface area contributed by atoms with E-state index in [1.165, 1.54) is 0 Å². The van der Waals surface area contributed by atoms with Gasteiger partial charge in [0, 0.05) is 35.4 Å². The highest BCUT2D eigenvalue weighted by Gasteiger charge is 2.19. The lowest BCUT2D eigenvalue weighted by molar-refractivity contribution is 1.02. The van der Waals surface area contributed by atoms with Gasteiger partial charge in [0.05, 0.1) is 28.7 Å². The van der Waals surface area contributed by atoms with Crippen molar-refractivity contribution in [2.24, 2.45) is 4.99 Å². The molecule has 0 bridgehead atoms. The summed E-state index contributed by atoms with van der Waals surface area (Å²) in [7, 11) is 0. The molecule has 29 heavy (non-hydrogen) atoms. The molecule has 0 saturated heterocycles. The van der Waals surface area contributed by atoms with Crippen LogP contribution in [0.15, 0.2) is 89.2 Å². The Hall–Kier alpha value is -4.19. The zero-order valence-electron chi connectivity index (χ0n) is 15.3. The minimum Gasteiger partial charge on any atom is -0.306 e. The van der Waals surface area contributed by atoms with Gasteiger partial charge in [-0.3, -0.25) is 9.56 Å². The summed E-state index contributed by atoms with van der Waals surface area (Å²) in [6.45, 7) is 0. The van der Waals surface area contributed by atoms with Crippen LogP contribution in [0.5, 0.6) is 0 Å². The monoisotopic (exact) mass is 377 g/mol. The lowest BCUT2D eigenvalue weighted by Crippen LogP contribution is -2.14. The summed E-state index contributed by atoms with van der Waals surface area (Å²) in [5, 5.41) is 0. The quantitative estimate of drug-likeness (QED) is 0.490. The van der Waals surface area contributed by atoms with E-state index in [1.807, 2.05) is 65.5 Å². The molecule has 0 amide bonds. The van der Waals surface area contributed by atoms with Crippen LogP contribution in [0.4, 0.5) is 5.69 Å². The highest BCUT2D eigenvalue weighted by molar-refractivity contribution is 6.02. The van der Waals surface area contributed by atoms with E-state index in [-0.39, 0.29) is 5.69 Å². The Labute approximate surface area is 165 Å². The molecule has 6 heteroatoms. The SMILES string of the molecule is O=c1[nH]c2cccc3c2n1-c1cccc(-c2ccc(-n4ccnc4)cc2)c1N=C3. The van der Waals surface area contributed by atoms with Crippen LogP contribution in [0.2, 0.25) is 0 Å². The van der Waals surface area contributed by atoms with Crippen LogP contribution in [0, 0.1) is 0 Å². The maximum absolute atomic E-state index is 12.7. The lowest BCUT2D eigenvalue weighted by Gasteiger charge is -2.12. The minimum absolute atomic E-state index is 0.160. The first-order valence-electron chi connectivity index (χ1n) is 9.29. The van der Waals surface area contributed by atoms with Gasteiger partial charge in [-0.2, -0.15) is 0 Å². The third-order valence-corrected chi connectivity index (χ3v) is 5.30. The Kier molecular flexibility index (Phi) is 3.22. The molecule has 3 aromatic carbocycles. The molecule has 0 aliphatic carbocycles. The lowest BCUT2D eigenvalue weighted by atomic mass is 10.0. The van der Waals surface area contributed by atoms with Gasteiger partial charge in [-0.15, -0.1) is 0 Å². The molecule has 0 spiro atoms. The first-order valence-corrected chi connectivity index (χ1v) is 9.29. The molecule has 0 radical (unpaired) electrons. The van der Waals surface area contributed by atoms with Gasteiger partial charge in [-0.05, 0) is 29.8 Å². The molecule has 3 heterocycles. The summed E-state index contributed by atoms with van der Waals surface area (Å²) < 4.78 is 3.68. The average Bonchev–Trinajstić information content (AvgIpc) is 3.35. The molecule has 1 aliphatic rings. The number of imidazole rings is 2. The number of rotatable bonds is 2. The molecule has 1 N–H and O–H groups in total. The molecule has 1 aliphatic heterocycles. The van der Waals surface area contributed by atoms with Gasteiger partial charge in [0.25, 0.3) is 0 Å². The zero-order chi connectivity index (χ0) is 19.4. The van der Waals surface area contributed by atoms with E-state index in [9.17, 15) is 4.79 Å². The zero-order valence-corrected chi connectivity index (χ0v) is 15.3. The van der Waals surface area contributed by atoms with Crippen molar-refractivity contribution in [3.63, 3.8) is 0 Å². The van der Waals surface area contributed by atoms with Crippen LogP contribution in [-0.2, 0) is 0 Å². The second-order valence-electron chi connectivity index (χ2n) is 6.96. The van der Waals surface area contributed by atoms with Crippen LogP contribution in [0.3, 0.4) is 0 Å². The largest absolute Gasteiger partial charge is 0.331 e. The number of aromatic nitrogens is 4. The molecule has 6 rings (SSSR count). The Morgan fingerprint density at radius 1 is 0.931 bits per heavy atom. The summed E-state index contributed by atoms with van der Waals surface area (Å²) in [6.07, 6.45) is 7.28. The third kappa shape index (κ3) is 2.32. The summed E-state index contributed by atoms with van der Waals surface area (Å²) in [5.74, 6) is 0. The predicted octanol–water partition coefficient (Wildman–Crippen LogP) is 4.24. The first-order chi connectivity index (χ1) is 14.3. The Morgan fingerprint density at radius 2 is 1.79 bits per heavy atom. The average molecular weight is 377 g/mol. The number of nitrogens with one attached hydrogen (secondary N) is 1. The van der Waals surface area contributed by atoms with Gasteiger partial charge in [0.15, 0.2) is 0 Å². The highest BCUT2D eigenvalue weighted by atomic mass is 16.1. The topological polar surface area (TPSA) is 68.0 Å². The fourth-order valence-corrected chi connectivity index (χ4v) is 3.96. The van der Waals surface area contributed by atoms with Crippen molar-refractivity contribution in [1.29, 1.82) is 0 Å². The summed E-state index contributed by atoms with van der Waals surface area (Å²) >= 11 is 0. The van der Waals surface area contributed by atoms with E-state index in [1.54, 1.807) is 17.1 Å². The summed E-state index contributed by atoms with van der Waals surface area (Å²) in [6, 6.07) is 20.0. The Morgan fingerprint density at radius 3 is 2.62 bits per heavy atom. The molecule has 0 saturated carbocycles. The van der Waals surface area contributed by atoms with Crippen LogP contribution in [0.25, 0.3) is 33.5 Å². The van der Waals surface area contributed by atoms with E-state index < -0.39 is 0 Å². The van der Waals surface area contributed by atoms with Gasteiger partial charge in [0.2, 0.25) is 0 Å². The molecular weight excluding hydrogens is 362 g/mol. The Bertz CT molecular complexity index is 1450. The molecule has 5 aromatic rings. The number of aromatic amines is 1. The van der Waals surface area contributed by atoms with Crippen LogP contribution >= 0.6 is 0 Å². The normalized spacial score (nSPS) is 12.1. The molecule has 0 fully saturated rings. The number of aliphatic imine (C=N–C) groups is 1. The summed E-state index contributed by atoms with van der Waals surface area (Å²) in [4.78, 5) is 24.6. The standard InChI is InChI=1S/C23H15N5O/c29-23-26-19-5-1-3-16-13-25-21-18(4-2-6-20(21)28(23)22(16)19)15-7-9-17(10-8-15)27-12-11-24-14-27/h1-14H,(H,26,29). The number of hydrogen-bond acceptors (Lipinski definition) is 3. The van der Waals surface area contributed by atoms with E-state index >= 15 is 0 Å². The third-order valence-electron chi connectivity index (χ3n) is 5.30. The van der Waals surface area contributed by atoms with Gasteiger partial charge < -0.3 is 9.55 Å². The number of hydrogen-bond donors (Lipinski definition) is 1. The molecule has 0 atom stereocenters. The van der Waals surface area contributed by atoms with E-state index in [0.29, 0.717) is 0 Å². The number of fused-ring (bicyclic) bond motifs is 2. The fourth-order valence-electron chi connectivity index (χ4n) is 3.96. The molecule has 138 valence electrons. The van der Waals surface area contributed by atoms with Crippen LogP contribution < -0.4 is 5.69 Å². The number of benzene rings is 3. The van der Waals surface area contributed by atoms with Crippen LogP contribution in [-0.4, -0.2) is 25.3 Å². The van der Waals surface area contributed by atoms with Gasteiger partial charge in [-0.1, -0.05) is 36.4 Å². The maximum Gasteiger partial charge on any atom is 0.331 e. The smallest absolute Gasteiger partial charge is 0.306 e. The molecular formula is C23H15N5O. The second-order valence-corrected chi connectivity index (χ2v) is 6.96. The minimum atomic E-state index is -0.160. The van der Waals surface area contributed by atoms with E-state index in [2.05, 4.69) is 22.1 Å². The fraction of sp³-hybridized carbons (Fsp3) is 0.